The van der Waals surface area contributed by atoms with Gasteiger partial charge in [0.05, 0.1) is 37.7 Å². The average molecular weight is 496 g/mol. The van der Waals surface area contributed by atoms with Gasteiger partial charge in [-0.1, -0.05) is 24.3 Å². The normalized spacial score (nSPS) is 11.4. The maximum atomic E-state index is 12.6. The molecule has 1 amide bonds. The van der Waals surface area contributed by atoms with Crippen LogP contribution in [0.1, 0.15) is 22.6 Å². The maximum absolute atomic E-state index is 12.6. The number of hydrogen-bond acceptors (Lipinski definition) is 6. The molecule has 3 aromatic heterocycles. The molecule has 0 saturated heterocycles. The number of alkyl halides is 3. The van der Waals surface area contributed by atoms with Gasteiger partial charge in [-0.25, -0.2) is 15.0 Å². The number of aromatic nitrogens is 5. The van der Waals surface area contributed by atoms with Crippen molar-refractivity contribution in [1.29, 1.82) is 0 Å². The van der Waals surface area contributed by atoms with Crippen LogP contribution in [0.3, 0.4) is 0 Å². The van der Waals surface area contributed by atoms with E-state index in [1.807, 2.05) is 35.1 Å². The molecule has 4 aromatic rings. The number of carbonyl (C=O) groups is 1. The summed E-state index contributed by atoms with van der Waals surface area (Å²) in [4.78, 5) is 24.5. The third-order valence-electron chi connectivity index (χ3n) is 5.27. The number of nitrogens with one attached hydrogen (secondary N) is 1. The number of pyridine rings is 1. The number of benzene rings is 1. The highest BCUT2D eigenvalue weighted by Gasteiger charge is 2.32. The summed E-state index contributed by atoms with van der Waals surface area (Å²) in [5.41, 5.74) is 2.67. The van der Waals surface area contributed by atoms with E-state index in [1.165, 1.54) is 6.07 Å². The van der Waals surface area contributed by atoms with Gasteiger partial charge >= 0.3 is 6.18 Å². The second-order valence-corrected chi connectivity index (χ2v) is 8.02. The Balaban J connectivity index is 1.31. The van der Waals surface area contributed by atoms with Crippen molar-refractivity contribution in [2.24, 2.45) is 0 Å². The monoisotopic (exact) mass is 496 g/mol. The molecule has 0 aliphatic heterocycles. The SMILES string of the molecule is COCCn1cc(Cc2ncc(-c3ccc(CC(=O)Nc4ccc(C(F)(F)F)nc4)cc3)cn2)cn1. The van der Waals surface area contributed by atoms with Crippen molar-refractivity contribution in [3.63, 3.8) is 0 Å². The van der Waals surface area contributed by atoms with E-state index in [9.17, 15) is 18.0 Å². The quantitative estimate of drug-likeness (QED) is 0.374. The van der Waals surface area contributed by atoms with E-state index in [0.29, 0.717) is 25.4 Å². The molecule has 3 heterocycles. The van der Waals surface area contributed by atoms with Crippen molar-refractivity contribution < 1.29 is 22.7 Å². The molecule has 0 aliphatic carbocycles. The number of amides is 1. The molecule has 0 spiro atoms. The first-order valence-corrected chi connectivity index (χ1v) is 11.0. The highest BCUT2D eigenvalue weighted by atomic mass is 19.4. The molecule has 0 atom stereocenters. The summed E-state index contributed by atoms with van der Waals surface area (Å²) in [7, 11) is 1.65. The Morgan fingerprint density at radius 1 is 0.944 bits per heavy atom. The lowest BCUT2D eigenvalue weighted by atomic mass is 10.0. The van der Waals surface area contributed by atoms with Crippen LogP contribution in [0.5, 0.6) is 0 Å². The zero-order valence-corrected chi connectivity index (χ0v) is 19.4. The van der Waals surface area contributed by atoms with Crippen LogP contribution in [-0.2, 0) is 35.1 Å². The van der Waals surface area contributed by atoms with E-state index in [-0.39, 0.29) is 18.0 Å². The Bertz CT molecular complexity index is 1290. The summed E-state index contributed by atoms with van der Waals surface area (Å²) in [6.07, 6.45) is 4.32. The summed E-state index contributed by atoms with van der Waals surface area (Å²) in [6, 6.07) is 9.34. The fourth-order valence-corrected chi connectivity index (χ4v) is 3.42. The van der Waals surface area contributed by atoms with Gasteiger partial charge in [-0.15, -0.1) is 0 Å². The molecule has 186 valence electrons. The number of carbonyl (C=O) groups excluding carboxylic acids is 1. The van der Waals surface area contributed by atoms with E-state index in [1.54, 1.807) is 25.7 Å². The van der Waals surface area contributed by atoms with Crippen molar-refractivity contribution in [2.45, 2.75) is 25.6 Å². The van der Waals surface area contributed by atoms with Gasteiger partial charge in [0.25, 0.3) is 0 Å². The van der Waals surface area contributed by atoms with E-state index < -0.39 is 11.9 Å². The Morgan fingerprint density at radius 3 is 2.33 bits per heavy atom. The molecule has 0 bridgehead atoms. The lowest BCUT2D eigenvalue weighted by molar-refractivity contribution is -0.141. The number of halogens is 3. The van der Waals surface area contributed by atoms with Crippen molar-refractivity contribution in [3.8, 4) is 11.1 Å². The number of ether oxygens (including phenoxy) is 1. The fourth-order valence-electron chi connectivity index (χ4n) is 3.42. The smallest absolute Gasteiger partial charge is 0.383 e. The van der Waals surface area contributed by atoms with E-state index in [2.05, 4.69) is 25.4 Å². The average Bonchev–Trinajstić information content (AvgIpc) is 3.30. The van der Waals surface area contributed by atoms with Crippen molar-refractivity contribution in [1.82, 2.24) is 24.7 Å². The largest absolute Gasteiger partial charge is 0.433 e. The summed E-state index contributed by atoms with van der Waals surface area (Å²) in [5.74, 6) is 0.318. The molecule has 0 saturated carbocycles. The Kier molecular flexibility index (Phi) is 7.69. The first-order chi connectivity index (χ1) is 17.3. The third-order valence-corrected chi connectivity index (χ3v) is 5.27. The molecule has 0 aliphatic rings. The zero-order valence-electron chi connectivity index (χ0n) is 19.4. The van der Waals surface area contributed by atoms with Gasteiger partial charge in [-0.2, -0.15) is 18.3 Å². The van der Waals surface area contributed by atoms with Gasteiger partial charge in [-0.05, 0) is 28.8 Å². The van der Waals surface area contributed by atoms with Crippen LogP contribution >= 0.6 is 0 Å². The molecular weight excluding hydrogens is 473 g/mol. The van der Waals surface area contributed by atoms with Gasteiger partial charge in [0.2, 0.25) is 5.91 Å². The molecule has 0 unspecified atom stereocenters. The summed E-state index contributed by atoms with van der Waals surface area (Å²) >= 11 is 0. The van der Waals surface area contributed by atoms with E-state index >= 15 is 0 Å². The number of nitrogens with zero attached hydrogens (tertiary/aromatic N) is 5. The third kappa shape index (κ3) is 6.72. The van der Waals surface area contributed by atoms with Crippen LogP contribution in [0.4, 0.5) is 18.9 Å². The fraction of sp³-hybridized carbons (Fsp3) is 0.240. The second-order valence-electron chi connectivity index (χ2n) is 8.02. The van der Waals surface area contributed by atoms with Gasteiger partial charge in [0, 0.05) is 37.7 Å². The van der Waals surface area contributed by atoms with Crippen molar-refractivity contribution in [2.75, 3.05) is 19.0 Å². The highest BCUT2D eigenvalue weighted by molar-refractivity contribution is 5.92. The zero-order chi connectivity index (χ0) is 25.5. The maximum Gasteiger partial charge on any atom is 0.433 e. The lowest BCUT2D eigenvalue weighted by Gasteiger charge is -2.08. The van der Waals surface area contributed by atoms with Crippen LogP contribution in [0.15, 0.2) is 67.4 Å². The minimum atomic E-state index is -4.52. The molecule has 0 fully saturated rings. The summed E-state index contributed by atoms with van der Waals surface area (Å²) < 4.78 is 44.7. The number of anilines is 1. The second kappa shape index (κ2) is 11.1. The van der Waals surface area contributed by atoms with Crippen LogP contribution < -0.4 is 5.32 Å². The minimum Gasteiger partial charge on any atom is -0.383 e. The summed E-state index contributed by atoms with van der Waals surface area (Å²) in [5, 5.41) is 6.84. The Morgan fingerprint density at radius 2 is 1.69 bits per heavy atom. The van der Waals surface area contributed by atoms with Gasteiger partial charge in [0.1, 0.15) is 11.5 Å². The summed E-state index contributed by atoms with van der Waals surface area (Å²) in [6.45, 7) is 1.27. The van der Waals surface area contributed by atoms with E-state index in [4.69, 9.17) is 4.74 Å². The standard InChI is InChI=1S/C25H23F3N6O2/c1-36-9-8-34-16-18(12-32-34)10-23-30-13-20(14-31-23)19-4-2-17(3-5-19)11-24(35)33-21-6-7-22(29-15-21)25(26,27)28/h2-7,12-16H,8-11H2,1H3,(H,33,35). The van der Waals surface area contributed by atoms with Crippen LogP contribution in [0.25, 0.3) is 11.1 Å². The first kappa shape index (κ1) is 25.0. The molecule has 11 heteroatoms. The first-order valence-electron chi connectivity index (χ1n) is 11.0. The molecule has 4 rings (SSSR count). The van der Waals surface area contributed by atoms with Crippen molar-refractivity contribution in [3.05, 3.63) is 90.0 Å². The molecule has 0 radical (unpaired) electrons. The van der Waals surface area contributed by atoms with Crippen LogP contribution in [0, 0.1) is 0 Å². The molecule has 1 aromatic carbocycles. The van der Waals surface area contributed by atoms with Crippen LogP contribution in [-0.4, -0.2) is 44.4 Å². The van der Waals surface area contributed by atoms with Crippen molar-refractivity contribution >= 4 is 11.6 Å². The lowest BCUT2D eigenvalue weighted by Crippen LogP contribution is -2.15. The number of rotatable bonds is 9. The number of hydrogen-bond donors (Lipinski definition) is 1. The topological polar surface area (TPSA) is 94.8 Å². The molecular formula is C25H23F3N6O2. The van der Waals surface area contributed by atoms with Gasteiger partial charge < -0.3 is 10.1 Å². The predicted octanol–water partition coefficient (Wildman–Crippen LogP) is 4.17. The van der Waals surface area contributed by atoms with Gasteiger partial charge in [-0.3, -0.25) is 9.48 Å². The Labute approximate surface area is 205 Å². The minimum absolute atomic E-state index is 0.0643. The van der Waals surface area contributed by atoms with Gasteiger partial charge in [0.15, 0.2) is 0 Å². The molecule has 36 heavy (non-hydrogen) atoms. The predicted molar refractivity (Wildman–Crippen MR) is 126 cm³/mol. The molecule has 8 nitrogen and oxygen atoms in total. The van der Waals surface area contributed by atoms with Crippen LogP contribution in [0.2, 0.25) is 0 Å². The number of methoxy groups -OCH3 is 1. The molecule has 1 N–H and O–H groups in total. The Hall–Kier alpha value is -4.12. The van der Waals surface area contributed by atoms with E-state index in [0.717, 1.165) is 34.5 Å². The highest BCUT2D eigenvalue weighted by Crippen LogP contribution is 2.27.